The fraction of sp³-hybridized carbons (Fsp3) is 0.286. The fourth-order valence-corrected chi connectivity index (χ4v) is 3.18. The second-order valence-electron chi connectivity index (χ2n) is 6.57. The Bertz CT molecular complexity index is 925. The number of amides is 2. The molecule has 0 saturated carbocycles. The normalized spacial score (nSPS) is 16.0. The number of carbonyl (C=O) groups excluding carboxylic acids is 3. The molecule has 1 unspecified atom stereocenters. The van der Waals surface area contributed by atoms with Crippen molar-refractivity contribution in [1.29, 1.82) is 0 Å². The molecule has 1 N–H and O–H groups in total. The number of anilines is 2. The zero-order valence-corrected chi connectivity index (χ0v) is 16.0. The van der Waals surface area contributed by atoms with E-state index < -0.39 is 5.92 Å². The van der Waals surface area contributed by atoms with E-state index in [1.807, 2.05) is 0 Å². The van der Waals surface area contributed by atoms with E-state index >= 15 is 0 Å². The summed E-state index contributed by atoms with van der Waals surface area (Å²) in [5.74, 6) is 0.130. The van der Waals surface area contributed by atoms with E-state index in [1.54, 1.807) is 54.5 Å². The number of carbonyl (C=O) groups is 3. The molecule has 7 heteroatoms. The zero-order chi connectivity index (χ0) is 20.3. The van der Waals surface area contributed by atoms with Crippen molar-refractivity contribution in [1.82, 2.24) is 0 Å². The molecule has 1 aliphatic rings. The monoisotopic (exact) mass is 382 g/mol. The van der Waals surface area contributed by atoms with Crippen LogP contribution in [0, 0.1) is 5.92 Å². The largest absolute Gasteiger partial charge is 0.497 e. The van der Waals surface area contributed by atoms with Gasteiger partial charge in [-0.15, -0.1) is 0 Å². The number of ether oxygens (including phenoxy) is 2. The minimum absolute atomic E-state index is 0.0788. The maximum Gasteiger partial charge on any atom is 0.229 e. The lowest BCUT2D eigenvalue weighted by Crippen LogP contribution is -2.28. The molecule has 0 aromatic heterocycles. The number of hydrogen-bond acceptors (Lipinski definition) is 5. The van der Waals surface area contributed by atoms with Crippen LogP contribution in [0.2, 0.25) is 0 Å². The molecule has 2 aromatic rings. The number of rotatable bonds is 6. The maximum absolute atomic E-state index is 12.6. The Hall–Kier alpha value is -3.35. The van der Waals surface area contributed by atoms with E-state index in [9.17, 15) is 14.4 Å². The van der Waals surface area contributed by atoms with Gasteiger partial charge in [0.1, 0.15) is 11.5 Å². The first kappa shape index (κ1) is 19.4. The number of hydrogen-bond donors (Lipinski definition) is 1. The van der Waals surface area contributed by atoms with Gasteiger partial charge in [-0.25, -0.2) is 0 Å². The summed E-state index contributed by atoms with van der Waals surface area (Å²) >= 11 is 0. The van der Waals surface area contributed by atoms with Crippen LogP contribution in [-0.2, 0) is 9.59 Å². The SMILES string of the molecule is COc1ccc(N2CC(C(=O)Nc3cccc(C(C)=O)c3)CC2=O)c(OC)c1. The van der Waals surface area contributed by atoms with E-state index in [0.29, 0.717) is 28.4 Å². The Morgan fingerprint density at radius 1 is 1.11 bits per heavy atom. The summed E-state index contributed by atoms with van der Waals surface area (Å²) in [6.07, 6.45) is 0.105. The molecule has 1 aliphatic heterocycles. The van der Waals surface area contributed by atoms with Crippen LogP contribution in [0.15, 0.2) is 42.5 Å². The molecular formula is C21H22N2O5. The Labute approximate surface area is 163 Å². The van der Waals surface area contributed by atoms with Crippen molar-refractivity contribution in [3.05, 3.63) is 48.0 Å². The summed E-state index contributed by atoms with van der Waals surface area (Å²) in [6.45, 7) is 1.72. The van der Waals surface area contributed by atoms with E-state index in [4.69, 9.17) is 9.47 Å². The molecule has 0 bridgehead atoms. The highest BCUT2D eigenvalue weighted by atomic mass is 16.5. The maximum atomic E-state index is 12.6. The van der Waals surface area contributed by atoms with Gasteiger partial charge in [0.2, 0.25) is 11.8 Å². The number of Topliss-reactive ketones (excluding diaryl/α,β-unsaturated/α-hetero) is 1. The second kappa shape index (κ2) is 8.12. The summed E-state index contributed by atoms with van der Waals surface area (Å²) in [5, 5.41) is 2.80. The second-order valence-corrected chi connectivity index (χ2v) is 6.57. The molecule has 0 aliphatic carbocycles. The van der Waals surface area contributed by atoms with Gasteiger partial charge < -0.3 is 19.7 Å². The van der Waals surface area contributed by atoms with Crippen LogP contribution in [-0.4, -0.2) is 38.4 Å². The molecule has 2 amide bonds. The van der Waals surface area contributed by atoms with Gasteiger partial charge in [-0.05, 0) is 31.2 Å². The van der Waals surface area contributed by atoms with E-state index in [-0.39, 0.29) is 30.6 Å². The third kappa shape index (κ3) is 3.98. The summed E-state index contributed by atoms with van der Waals surface area (Å²) in [4.78, 5) is 38.2. The van der Waals surface area contributed by atoms with Gasteiger partial charge in [0.25, 0.3) is 0 Å². The standard InChI is InChI=1S/C21H22N2O5/c1-13(24)14-5-4-6-16(9-14)22-21(26)15-10-20(25)23(12-15)18-8-7-17(27-2)11-19(18)28-3/h4-9,11,15H,10,12H2,1-3H3,(H,22,26). The molecule has 28 heavy (non-hydrogen) atoms. The van der Waals surface area contributed by atoms with Crippen LogP contribution < -0.4 is 19.7 Å². The molecule has 1 fully saturated rings. The van der Waals surface area contributed by atoms with Crippen LogP contribution in [0.5, 0.6) is 11.5 Å². The Balaban J connectivity index is 1.75. The lowest BCUT2D eigenvalue weighted by molar-refractivity contribution is -0.122. The average Bonchev–Trinajstić information content (AvgIpc) is 3.09. The molecular weight excluding hydrogens is 360 g/mol. The molecule has 1 heterocycles. The van der Waals surface area contributed by atoms with Crippen molar-refractivity contribution in [3.63, 3.8) is 0 Å². The lowest BCUT2D eigenvalue weighted by Gasteiger charge is -2.20. The summed E-state index contributed by atoms with van der Waals surface area (Å²) in [7, 11) is 3.07. The Kier molecular flexibility index (Phi) is 5.63. The van der Waals surface area contributed by atoms with Crippen LogP contribution in [0.3, 0.4) is 0 Å². The molecule has 1 saturated heterocycles. The van der Waals surface area contributed by atoms with Crippen LogP contribution in [0.25, 0.3) is 0 Å². The third-order valence-electron chi connectivity index (χ3n) is 4.71. The van der Waals surface area contributed by atoms with Gasteiger partial charge in [-0.2, -0.15) is 0 Å². The third-order valence-corrected chi connectivity index (χ3v) is 4.71. The van der Waals surface area contributed by atoms with Crippen molar-refractivity contribution < 1.29 is 23.9 Å². The quantitative estimate of drug-likeness (QED) is 0.777. The number of nitrogens with zero attached hydrogens (tertiary/aromatic N) is 1. The highest BCUT2D eigenvalue weighted by Crippen LogP contribution is 2.36. The topological polar surface area (TPSA) is 84.9 Å². The minimum atomic E-state index is -0.500. The van der Waals surface area contributed by atoms with Crippen molar-refractivity contribution in [2.45, 2.75) is 13.3 Å². The first-order valence-corrected chi connectivity index (χ1v) is 8.87. The van der Waals surface area contributed by atoms with Gasteiger partial charge in [0.05, 0.1) is 25.8 Å². The number of ketones is 1. The van der Waals surface area contributed by atoms with Crippen molar-refractivity contribution in [2.24, 2.45) is 5.92 Å². The minimum Gasteiger partial charge on any atom is -0.497 e. The predicted octanol–water partition coefficient (Wildman–Crippen LogP) is 2.90. The van der Waals surface area contributed by atoms with Crippen LogP contribution >= 0.6 is 0 Å². The first-order valence-electron chi connectivity index (χ1n) is 8.87. The van der Waals surface area contributed by atoms with Gasteiger partial charge in [-0.1, -0.05) is 12.1 Å². The first-order chi connectivity index (χ1) is 13.4. The summed E-state index contributed by atoms with van der Waals surface area (Å²) in [5.41, 5.74) is 1.65. The van der Waals surface area contributed by atoms with Crippen molar-refractivity contribution in [2.75, 3.05) is 31.0 Å². The summed E-state index contributed by atoms with van der Waals surface area (Å²) < 4.78 is 10.6. The molecule has 0 spiro atoms. The van der Waals surface area contributed by atoms with E-state index in [2.05, 4.69) is 5.32 Å². The van der Waals surface area contributed by atoms with Crippen LogP contribution in [0.4, 0.5) is 11.4 Å². The molecule has 1 atom stereocenters. The van der Waals surface area contributed by atoms with Gasteiger partial charge in [0.15, 0.2) is 5.78 Å². The van der Waals surface area contributed by atoms with Gasteiger partial charge in [0, 0.05) is 30.3 Å². The molecule has 7 nitrogen and oxygen atoms in total. The predicted molar refractivity (Wildman–Crippen MR) is 105 cm³/mol. The van der Waals surface area contributed by atoms with Crippen molar-refractivity contribution >= 4 is 29.0 Å². The zero-order valence-electron chi connectivity index (χ0n) is 16.0. The molecule has 146 valence electrons. The Morgan fingerprint density at radius 3 is 2.57 bits per heavy atom. The van der Waals surface area contributed by atoms with E-state index in [1.165, 1.54) is 14.0 Å². The number of nitrogens with one attached hydrogen (secondary N) is 1. The number of methoxy groups -OCH3 is 2. The Morgan fingerprint density at radius 2 is 1.89 bits per heavy atom. The molecule has 3 rings (SSSR count). The summed E-state index contributed by atoms with van der Waals surface area (Å²) in [6, 6.07) is 11.9. The van der Waals surface area contributed by atoms with Gasteiger partial charge >= 0.3 is 0 Å². The number of benzene rings is 2. The van der Waals surface area contributed by atoms with Gasteiger partial charge in [-0.3, -0.25) is 14.4 Å². The smallest absolute Gasteiger partial charge is 0.229 e. The lowest BCUT2D eigenvalue weighted by atomic mass is 10.1. The average molecular weight is 382 g/mol. The molecule has 2 aromatic carbocycles. The van der Waals surface area contributed by atoms with Crippen LogP contribution in [0.1, 0.15) is 23.7 Å². The molecule has 0 radical (unpaired) electrons. The highest BCUT2D eigenvalue weighted by Gasteiger charge is 2.36. The van der Waals surface area contributed by atoms with Crippen molar-refractivity contribution in [3.8, 4) is 11.5 Å². The highest BCUT2D eigenvalue weighted by molar-refractivity contribution is 6.04. The fourth-order valence-electron chi connectivity index (χ4n) is 3.18. The van der Waals surface area contributed by atoms with E-state index in [0.717, 1.165) is 0 Å².